The van der Waals surface area contributed by atoms with Crippen LogP contribution in [0.15, 0.2) is 35.3 Å². The molecular weight excluding hydrogens is 318 g/mol. The Balaban J connectivity index is 2.95. The van der Waals surface area contributed by atoms with Crippen molar-refractivity contribution >= 4 is 30.0 Å². The van der Waals surface area contributed by atoms with E-state index in [0.717, 1.165) is 18.5 Å². The minimum absolute atomic E-state index is 0.124. The molecule has 2 nitrogen and oxygen atoms in total. The molecule has 0 amide bonds. The van der Waals surface area contributed by atoms with Crippen molar-refractivity contribution in [3.8, 4) is 11.2 Å². The Morgan fingerprint density at radius 2 is 1.78 bits per heavy atom. The van der Waals surface area contributed by atoms with Crippen LogP contribution in [0.3, 0.4) is 0 Å². The topological polar surface area (TPSA) is 21.6 Å². The van der Waals surface area contributed by atoms with Gasteiger partial charge in [0.05, 0.1) is 5.69 Å². The van der Waals surface area contributed by atoms with Crippen LogP contribution < -0.4 is 0 Å². The lowest BCUT2D eigenvalue weighted by Gasteiger charge is -2.21. The largest absolute Gasteiger partial charge is 0.468 e. The molecule has 0 aliphatic carbocycles. The Hall–Kier alpha value is -1.18. The maximum absolute atomic E-state index is 6.09. The highest BCUT2D eigenvalue weighted by molar-refractivity contribution is 8.32. The first kappa shape index (κ1) is 19.9. The van der Waals surface area contributed by atoms with Crippen molar-refractivity contribution in [2.45, 2.75) is 59.4 Å². The van der Waals surface area contributed by atoms with E-state index < -0.39 is 7.22 Å². The van der Waals surface area contributed by atoms with Crippen molar-refractivity contribution in [2.75, 3.05) is 0 Å². The molecule has 1 unspecified atom stereocenters. The average molecular weight is 348 g/mol. The molecule has 0 bridgehead atoms. The van der Waals surface area contributed by atoms with Crippen LogP contribution in [0.1, 0.15) is 33.6 Å². The minimum Gasteiger partial charge on any atom is -0.468 e. The van der Waals surface area contributed by atoms with Gasteiger partial charge in [0.25, 0.3) is 5.90 Å². The number of rotatable bonds is 6. The lowest BCUT2D eigenvalue weighted by Crippen LogP contribution is -2.22. The molecule has 0 aliphatic heterocycles. The summed E-state index contributed by atoms with van der Waals surface area (Å²) in [7, 11) is -1.26. The summed E-state index contributed by atoms with van der Waals surface area (Å²) >= 11 is 1.74. The van der Waals surface area contributed by atoms with E-state index in [2.05, 4.69) is 56.6 Å². The zero-order valence-electron chi connectivity index (χ0n) is 15.2. The number of para-hydroxylation sites is 1. The zero-order valence-corrected chi connectivity index (χ0v) is 17.0. The molecule has 1 aromatic rings. The number of nitrogens with zero attached hydrogens (tertiary/aromatic N) is 1. The van der Waals surface area contributed by atoms with Crippen LogP contribution >= 0.6 is 11.2 Å². The predicted molar refractivity (Wildman–Crippen MR) is 107 cm³/mol. The number of aliphatic imine (C=N–C) groups is 1. The van der Waals surface area contributed by atoms with Crippen molar-refractivity contribution < 1.29 is 4.74 Å². The third kappa shape index (κ3) is 8.29. The number of hydrogen-bond donors (Lipinski definition) is 0. The quantitative estimate of drug-likeness (QED) is 0.269. The molecule has 126 valence electrons. The van der Waals surface area contributed by atoms with E-state index in [1.54, 1.807) is 11.2 Å². The van der Waals surface area contributed by atoms with Gasteiger partial charge in [-0.1, -0.05) is 51.7 Å². The molecule has 0 fully saturated rings. The Morgan fingerprint density at radius 1 is 1.17 bits per heavy atom. The van der Waals surface area contributed by atoms with Crippen LogP contribution in [-0.4, -0.2) is 19.2 Å². The maximum atomic E-state index is 6.09. The van der Waals surface area contributed by atoms with Crippen LogP contribution in [0, 0.1) is 17.1 Å². The van der Waals surface area contributed by atoms with E-state index in [0.29, 0.717) is 11.8 Å². The molecule has 0 aliphatic rings. The van der Waals surface area contributed by atoms with Gasteiger partial charge in [-0.2, -0.15) is 0 Å². The van der Waals surface area contributed by atoms with Crippen molar-refractivity contribution in [1.82, 2.24) is 0 Å². The Morgan fingerprint density at radius 3 is 2.30 bits per heavy atom. The maximum Gasteiger partial charge on any atom is 0.269 e. The Kier molecular flexibility index (Phi) is 8.50. The standard InChI is InChI=1S/C19H29NOSSi/c1-7-17(8-2)16(3)21-19(14-15-22-23(4,5)6)20-18-12-10-9-11-13-18/h9-13,16-17H,7-8H2,1-6H3. The van der Waals surface area contributed by atoms with Gasteiger partial charge in [-0.3, -0.25) is 0 Å². The molecule has 0 saturated carbocycles. The first-order chi connectivity index (χ1) is 10.9. The summed E-state index contributed by atoms with van der Waals surface area (Å²) in [4.78, 5) is 4.59. The van der Waals surface area contributed by atoms with Crippen LogP contribution in [-0.2, 0) is 4.74 Å². The summed E-state index contributed by atoms with van der Waals surface area (Å²) < 4.78 is 6.09. The molecule has 0 spiro atoms. The highest BCUT2D eigenvalue weighted by atomic mass is 32.4. The smallest absolute Gasteiger partial charge is 0.269 e. The fourth-order valence-corrected chi connectivity index (χ4v) is 3.67. The van der Waals surface area contributed by atoms with Gasteiger partial charge < -0.3 is 4.74 Å². The Bertz CT molecular complexity index is 550. The summed E-state index contributed by atoms with van der Waals surface area (Å²) in [5, 5.41) is 3.20. The van der Waals surface area contributed by atoms with Crippen molar-refractivity contribution in [2.24, 2.45) is 10.9 Å². The molecule has 1 aromatic carbocycles. The summed E-state index contributed by atoms with van der Waals surface area (Å²) in [6.07, 6.45) is 2.33. The SMILES string of the molecule is CCC(CC)C(C)OC(C#CS[Si](C)(C)C)=Nc1ccccc1. The van der Waals surface area contributed by atoms with E-state index in [9.17, 15) is 0 Å². The highest BCUT2D eigenvalue weighted by Gasteiger charge is 2.17. The average Bonchev–Trinajstić information content (AvgIpc) is 2.48. The molecule has 0 aromatic heterocycles. The van der Waals surface area contributed by atoms with Gasteiger partial charge in [0.2, 0.25) is 0 Å². The normalized spacial score (nSPS) is 13.4. The summed E-state index contributed by atoms with van der Waals surface area (Å²) in [5.41, 5.74) is 0.881. The van der Waals surface area contributed by atoms with Gasteiger partial charge in [-0.15, -0.1) is 11.2 Å². The van der Waals surface area contributed by atoms with Crippen LogP contribution in [0.25, 0.3) is 0 Å². The zero-order chi connectivity index (χ0) is 17.3. The van der Waals surface area contributed by atoms with Crippen molar-refractivity contribution in [1.29, 1.82) is 0 Å². The lowest BCUT2D eigenvalue weighted by molar-refractivity contribution is 0.136. The van der Waals surface area contributed by atoms with Crippen molar-refractivity contribution in [3.05, 3.63) is 30.3 Å². The summed E-state index contributed by atoms with van der Waals surface area (Å²) in [6.45, 7) is 13.4. The van der Waals surface area contributed by atoms with Gasteiger partial charge in [0.1, 0.15) is 13.3 Å². The van der Waals surface area contributed by atoms with Crippen LogP contribution in [0.2, 0.25) is 19.6 Å². The second kappa shape index (κ2) is 9.84. The highest BCUT2D eigenvalue weighted by Crippen LogP contribution is 2.19. The second-order valence-corrected chi connectivity index (χ2v) is 15.5. The van der Waals surface area contributed by atoms with Gasteiger partial charge >= 0.3 is 0 Å². The molecule has 4 heteroatoms. The molecule has 0 N–H and O–H groups in total. The number of benzene rings is 1. The summed E-state index contributed by atoms with van der Waals surface area (Å²) in [5.74, 6) is 4.19. The Labute approximate surface area is 146 Å². The van der Waals surface area contributed by atoms with E-state index >= 15 is 0 Å². The van der Waals surface area contributed by atoms with Crippen LogP contribution in [0.5, 0.6) is 0 Å². The van der Waals surface area contributed by atoms with Crippen molar-refractivity contribution in [3.63, 3.8) is 0 Å². The van der Waals surface area contributed by atoms with E-state index in [4.69, 9.17) is 4.74 Å². The number of hydrogen-bond acceptors (Lipinski definition) is 3. The molecular formula is C19H29NOSSi. The molecule has 0 radical (unpaired) electrons. The molecule has 23 heavy (non-hydrogen) atoms. The summed E-state index contributed by atoms with van der Waals surface area (Å²) in [6, 6.07) is 9.88. The predicted octanol–water partition coefficient (Wildman–Crippen LogP) is 6.09. The lowest BCUT2D eigenvalue weighted by atomic mass is 9.98. The van der Waals surface area contributed by atoms with Crippen LogP contribution in [0.4, 0.5) is 5.69 Å². The molecule has 0 heterocycles. The van der Waals surface area contributed by atoms with Gasteiger partial charge in [0, 0.05) is 5.92 Å². The van der Waals surface area contributed by atoms with Gasteiger partial charge in [-0.05, 0) is 43.1 Å². The molecule has 0 saturated heterocycles. The van der Waals surface area contributed by atoms with E-state index in [1.807, 2.05) is 30.3 Å². The number of ether oxygens (including phenoxy) is 1. The second-order valence-electron chi connectivity index (χ2n) is 6.59. The fourth-order valence-electron chi connectivity index (χ4n) is 2.15. The monoisotopic (exact) mass is 347 g/mol. The molecule has 1 rings (SSSR count). The third-order valence-electron chi connectivity index (χ3n) is 3.51. The van der Waals surface area contributed by atoms with E-state index in [1.165, 1.54) is 0 Å². The third-order valence-corrected chi connectivity index (χ3v) is 6.47. The molecule has 1 atom stereocenters. The van der Waals surface area contributed by atoms with E-state index in [-0.39, 0.29) is 6.10 Å². The van der Waals surface area contributed by atoms with Gasteiger partial charge in [0.15, 0.2) is 0 Å². The fraction of sp³-hybridized carbons (Fsp3) is 0.526. The van der Waals surface area contributed by atoms with Gasteiger partial charge in [-0.25, -0.2) is 4.99 Å². The first-order valence-electron chi connectivity index (χ1n) is 8.35. The minimum atomic E-state index is -1.26. The first-order valence-corrected chi connectivity index (χ1v) is 13.4.